The van der Waals surface area contributed by atoms with Gasteiger partial charge in [0.15, 0.2) is 0 Å². The molecule has 0 aliphatic rings. The van der Waals surface area contributed by atoms with E-state index < -0.39 is 10.0 Å². The molecule has 2 N–H and O–H groups in total. The van der Waals surface area contributed by atoms with Crippen molar-refractivity contribution < 1.29 is 12.8 Å². The van der Waals surface area contributed by atoms with E-state index in [2.05, 4.69) is 0 Å². The van der Waals surface area contributed by atoms with Gasteiger partial charge in [0.05, 0.1) is 17.4 Å². The molecule has 6 heteroatoms. The maximum Gasteiger partial charge on any atom is 0.243 e. The number of sulfonamides is 1. The van der Waals surface area contributed by atoms with Gasteiger partial charge in [0.25, 0.3) is 0 Å². The van der Waals surface area contributed by atoms with Gasteiger partial charge in [0.2, 0.25) is 10.0 Å². The van der Waals surface area contributed by atoms with Gasteiger partial charge in [-0.15, -0.1) is 0 Å². The van der Waals surface area contributed by atoms with Crippen molar-refractivity contribution in [1.29, 1.82) is 0 Å². The Morgan fingerprint density at radius 2 is 2.10 bits per heavy atom. The highest BCUT2D eigenvalue weighted by Gasteiger charge is 2.22. The molecule has 1 unspecified atom stereocenters. The average molecular weight is 308 g/mol. The quantitative estimate of drug-likeness (QED) is 0.889. The number of nitrogens with zero attached hydrogens (tertiary/aromatic N) is 1. The third kappa shape index (κ3) is 3.53. The molecule has 0 bridgehead atoms. The first-order valence-electron chi connectivity index (χ1n) is 6.78. The summed E-state index contributed by atoms with van der Waals surface area (Å²) in [5, 5.41) is 0. The molecule has 0 spiro atoms. The number of hydrogen-bond donors (Lipinski definition) is 1. The summed E-state index contributed by atoms with van der Waals surface area (Å²) in [5.41, 5.74) is 7.61. The standard InChI is InChI=1S/C15H20N2O3S/c1-3-15(16)13-5-4-6-14(9-13)21(18,19)17(2)10-12-7-8-20-11-12/h4-9,11,15H,3,10,16H2,1-2H3. The van der Waals surface area contributed by atoms with E-state index in [0.29, 0.717) is 0 Å². The Balaban J connectivity index is 2.26. The second-order valence-corrected chi connectivity index (χ2v) is 7.02. The zero-order valence-electron chi connectivity index (χ0n) is 12.2. The van der Waals surface area contributed by atoms with Gasteiger partial charge in [-0.05, 0) is 30.2 Å². The molecule has 1 atom stereocenters. The largest absolute Gasteiger partial charge is 0.472 e. The van der Waals surface area contributed by atoms with E-state index in [9.17, 15) is 8.42 Å². The minimum Gasteiger partial charge on any atom is -0.472 e. The summed E-state index contributed by atoms with van der Waals surface area (Å²) in [6, 6.07) is 8.41. The predicted octanol–water partition coefficient (Wildman–Crippen LogP) is 2.51. The maximum absolute atomic E-state index is 12.6. The van der Waals surface area contributed by atoms with Crippen molar-refractivity contribution in [2.24, 2.45) is 5.73 Å². The second kappa shape index (κ2) is 6.43. The normalized spacial score (nSPS) is 13.5. The highest BCUT2D eigenvalue weighted by molar-refractivity contribution is 7.89. The van der Waals surface area contributed by atoms with Crippen LogP contribution in [-0.4, -0.2) is 19.8 Å². The smallest absolute Gasteiger partial charge is 0.243 e. The predicted molar refractivity (Wildman–Crippen MR) is 81.0 cm³/mol. The zero-order chi connectivity index (χ0) is 15.5. The van der Waals surface area contributed by atoms with Crippen molar-refractivity contribution >= 4 is 10.0 Å². The van der Waals surface area contributed by atoms with Crippen molar-refractivity contribution in [3.8, 4) is 0 Å². The Labute approximate surface area is 125 Å². The third-order valence-electron chi connectivity index (χ3n) is 3.42. The van der Waals surface area contributed by atoms with E-state index in [1.165, 1.54) is 16.8 Å². The summed E-state index contributed by atoms with van der Waals surface area (Å²) in [4.78, 5) is 0.259. The molecule has 0 amide bonds. The molecule has 0 saturated heterocycles. The highest BCUT2D eigenvalue weighted by Crippen LogP contribution is 2.21. The van der Waals surface area contributed by atoms with Gasteiger partial charge in [-0.1, -0.05) is 19.1 Å². The average Bonchev–Trinajstić information content (AvgIpc) is 2.99. The van der Waals surface area contributed by atoms with Crippen LogP contribution in [0.1, 0.15) is 30.5 Å². The fourth-order valence-electron chi connectivity index (χ4n) is 2.05. The monoisotopic (exact) mass is 308 g/mol. The molecule has 0 fully saturated rings. The summed E-state index contributed by atoms with van der Waals surface area (Å²) < 4.78 is 31.4. The molecule has 5 nitrogen and oxygen atoms in total. The lowest BCUT2D eigenvalue weighted by Gasteiger charge is -2.18. The molecule has 21 heavy (non-hydrogen) atoms. The van der Waals surface area contributed by atoms with E-state index in [1.807, 2.05) is 13.0 Å². The van der Waals surface area contributed by atoms with Gasteiger partial charge >= 0.3 is 0 Å². The Kier molecular flexibility index (Phi) is 4.82. The lowest BCUT2D eigenvalue weighted by Crippen LogP contribution is -2.26. The van der Waals surface area contributed by atoms with E-state index >= 15 is 0 Å². The topological polar surface area (TPSA) is 76.5 Å². The lowest BCUT2D eigenvalue weighted by molar-refractivity contribution is 0.463. The van der Waals surface area contributed by atoms with Crippen molar-refractivity contribution in [3.05, 3.63) is 54.0 Å². The lowest BCUT2D eigenvalue weighted by atomic mass is 10.1. The van der Waals surface area contributed by atoms with Crippen LogP contribution in [0, 0.1) is 0 Å². The van der Waals surface area contributed by atoms with Gasteiger partial charge in [-0.25, -0.2) is 8.42 Å². The Hall–Kier alpha value is -1.63. The van der Waals surface area contributed by atoms with Crippen LogP contribution in [0.2, 0.25) is 0 Å². The minimum absolute atomic E-state index is 0.153. The van der Waals surface area contributed by atoms with Gasteiger partial charge in [-0.3, -0.25) is 0 Å². The van der Waals surface area contributed by atoms with Crippen LogP contribution < -0.4 is 5.73 Å². The maximum atomic E-state index is 12.6. The Bertz CT molecular complexity index is 681. The van der Waals surface area contributed by atoms with Gasteiger partial charge in [-0.2, -0.15) is 4.31 Å². The summed E-state index contributed by atoms with van der Waals surface area (Å²) in [5.74, 6) is 0. The molecule has 0 aliphatic carbocycles. The first-order valence-corrected chi connectivity index (χ1v) is 8.22. The SMILES string of the molecule is CCC(N)c1cccc(S(=O)(=O)N(C)Cc2ccoc2)c1. The molecule has 1 aromatic carbocycles. The van der Waals surface area contributed by atoms with Crippen LogP contribution in [0.3, 0.4) is 0 Å². The van der Waals surface area contributed by atoms with Gasteiger partial charge < -0.3 is 10.2 Å². The first-order chi connectivity index (χ1) is 9.95. The van der Waals surface area contributed by atoms with E-state index in [0.717, 1.165) is 17.5 Å². The van der Waals surface area contributed by atoms with Crippen LogP contribution in [-0.2, 0) is 16.6 Å². The van der Waals surface area contributed by atoms with Crippen LogP contribution in [0.5, 0.6) is 0 Å². The molecule has 1 heterocycles. The fourth-order valence-corrected chi connectivity index (χ4v) is 3.26. The van der Waals surface area contributed by atoms with E-state index in [-0.39, 0.29) is 17.5 Å². The molecular weight excluding hydrogens is 288 g/mol. The highest BCUT2D eigenvalue weighted by atomic mass is 32.2. The first kappa shape index (κ1) is 15.8. The van der Waals surface area contributed by atoms with Crippen LogP contribution in [0.15, 0.2) is 52.2 Å². The fraction of sp³-hybridized carbons (Fsp3) is 0.333. The van der Waals surface area contributed by atoms with E-state index in [4.69, 9.17) is 10.2 Å². The van der Waals surface area contributed by atoms with E-state index in [1.54, 1.807) is 31.3 Å². The molecular formula is C15H20N2O3S. The summed E-state index contributed by atoms with van der Waals surface area (Å²) in [6.45, 7) is 2.24. The molecule has 2 rings (SSSR count). The van der Waals surface area contributed by atoms with Crippen molar-refractivity contribution in [2.45, 2.75) is 30.8 Å². The summed E-state index contributed by atoms with van der Waals surface area (Å²) in [6.07, 6.45) is 3.82. The molecule has 1 aromatic heterocycles. The van der Waals surface area contributed by atoms with Crippen LogP contribution in [0.25, 0.3) is 0 Å². The minimum atomic E-state index is -3.54. The summed E-state index contributed by atoms with van der Waals surface area (Å²) >= 11 is 0. The Morgan fingerprint density at radius 3 is 2.71 bits per heavy atom. The molecule has 114 valence electrons. The Morgan fingerprint density at radius 1 is 1.33 bits per heavy atom. The number of hydrogen-bond acceptors (Lipinski definition) is 4. The van der Waals surface area contributed by atoms with Crippen molar-refractivity contribution in [2.75, 3.05) is 7.05 Å². The van der Waals surface area contributed by atoms with Crippen molar-refractivity contribution in [1.82, 2.24) is 4.31 Å². The van der Waals surface area contributed by atoms with Crippen LogP contribution >= 0.6 is 0 Å². The molecule has 0 radical (unpaired) electrons. The number of rotatable bonds is 6. The molecule has 0 aliphatic heterocycles. The van der Waals surface area contributed by atoms with Crippen LogP contribution in [0.4, 0.5) is 0 Å². The number of nitrogens with two attached hydrogens (primary N) is 1. The second-order valence-electron chi connectivity index (χ2n) is 4.98. The summed E-state index contributed by atoms with van der Waals surface area (Å²) in [7, 11) is -1.99. The van der Waals surface area contributed by atoms with Crippen molar-refractivity contribution in [3.63, 3.8) is 0 Å². The number of benzene rings is 1. The van der Waals surface area contributed by atoms with Gasteiger partial charge in [0, 0.05) is 25.2 Å². The molecule has 2 aromatic rings. The molecule has 0 saturated carbocycles. The third-order valence-corrected chi connectivity index (χ3v) is 5.22. The van der Waals surface area contributed by atoms with Gasteiger partial charge in [0.1, 0.15) is 0 Å². The zero-order valence-corrected chi connectivity index (χ0v) is 13.0. The number of furan rings is 1.